The van der Waals surface area contributed by atoms with Gasteiger partial charge in [0.25, 0.3) is 0 Å². The minimum absolute atomic E-state index is 0. The van der Waals surface area contributed by atoms with Gasteiger partial charge in [0.1, 0.15) is 6.10 Å². The molecule has 0 aromatic heterocycles. The molecule has 1 unspecified atom stereocenters. The maximum Gasteiger partial charge on any atom is 0.223 e. The molecule has 1 N–H and O–H groups in total. The molecule has 0 bridgehead atoms. The average Bonchev–Trinajstić information content (AvgIpc) is 2.61. The number of hydrogen-bond donors (Lipinski definition) is 1. The van der Waals surface area contributed by atoms with Crippen LogP contribution in [0.4, 0.5) is 0 Å². The molecule has 0 aliphatic carbocycles. The first kappa shape index (κ1) is 23.7. The van der Waals surface area contributed by atoms with Crippen molar-refractivity contribution in [1.29, 1.82) is 0 Å². The zero-order valence-corrected chi connectivity index (χ0v) is 19.4. The summed E-state index contributed by atoms with van der Waals surface area (Å²) in [5.74, 6) is 0.955. The normalized spacial score (nSPS) is 17.3. The average molecular weight is 488 g/mol. The van der Waals surface area contributed by atoms with Crippen LogP contribution in [0.2, 0.25) is 0 Å². The van der Waals surface area contributed by atoms with E-state index in [0.29, 0.717) is 19.6 Å². The van der Waals surface area contributed by atoms with E-state index in [1.165, 1.54) is 16.7 Å². The van der Waals surface area contributed by atoms with Crippen LogP contribution >= 0.6 is 24.0 Å². The Morgan fingerprint density at radius 2 is 2.11 bits per heavy atom. The van der Waals surface area contributed by atoms with Crippen LogP contribution in [0.5, 0.6) is 0 Å². The van der Waals surface area contributed by atoms with E-state index in [-0.39, 0.29) is 36.0 Å². The second-order valence-electron chi connectivity index (χ2n) is 6.94. The zero-order valence-electron chi connectivity index (χ0n) is 17.1. The zero-order chi connectivity index (χ0) is 19.1. The molecule has 0 saturated carbocycles. The molecule has 0 radical (unpaired) electrons. The fourth-order valence-corrected chi connectivity index (χ4v) is 3.12. The summed E-state index contributed by atoms with van der Waals surface area (Å²) in [6.45, 7) is 9.82. The molecule has 1 aliphatic heterocycles. The van der Waals surface area contributed by atoms with Gasteiger partial charge in [0.15, 0.2) is 5.96 Å². The summed E-state index contributed by atoms with van der Waals surface area (Å²) >= 11 is 0. The molecule has 1 heterocycles. The molecule has 6 nitrogen and oxygen atoms in total. The first-order valence-corrected chi connectivity index (χ1v) is 9.34. The largest absolute Gasteiger partial charge is 0.370 e. The van der Waals surface area contributed by atoms with Gasteiger partial charge in [-0.15, -0.1) is 24.0 Å². The Kier molecular flexibility index (Phi) is 10.1. The SMILES string of the molecule is CCNC(=NCCC(=O)N(C)C)N1CCOC(c2ccc(C)cc2C)C1.I. The Labute approximate surface area is 180 Å². The molecule has 7 heteroatoms. The number of aliphatic imine (C=N–C) groups is 1. The lowest BCUT2D eigenvalue weighted by molar-refractivity contribution is -0.128. The second-order valence-corrected chi connectivity index (χ2v) is 6.94. The molecule has 1 fully saturated rings. The third-order valence-corrected chi connectivity index (χ3v) is 4.56. The number of halogens is 1. The molecule has 27 heavy (non-hydrogen) atoms. The molecular formula is C20H33IN4O2. The summed E-state index contributed by atoms with van der Waals surface area (Å²) in [4.78, 5) is 20.3. The van der Waals surface area contributed by atoms with Crippen LogP contribution in [0, 0.1) is 13.8 Å². The lowest BCUT2D eigenvalue weighted by atomic mass is 10.00. The van der Waals surface area contributed by atoms with Crippen molar-refractivity contribution in [3.8, 4) is 0 Å². The number of aryl methyl sites for hydroxylation is 2. The van der Waals surface area contributed by atoms with Gasteiger partial charge in [-0.2, -0.15) is 0 Å². The fraction of sp³-hybridized carbons (Fsp3) is 0.600. The number of guanidine groups is 1. The van der Waals surface area contributed by atoms with E-state index in [1.54, 1.807) is 19.0 Å². The van der Waals surface area contributed by atoms with Crippen molar-refractivity contribution in [3.05, 3.63) is 34.9 Å². The summed E-state index contributed by atoms with van der Waals surface area (Å²) < 4.78 is 6.03. The van der Waals surface area contributed by atoms with Crippen LogP contribution in [0.1, 0.15) is 36.1 Å². The van der Waals surface area contributed by atoms with Crippen LogP contribution in [0.3, 0.4) is 0 Å². The molecular weight excluding hydrogens is 455 g/mol. The number of carbonyl (C=O) groups excluding carboxylic acids is 1. The van der Waals surface area contributed by atoms with Crippen molar-refractivity contribution < 1.29 is 9.53 Å². The van der Waals surface area contributed by atoms with Crippen LogP contribution in [0.15, 0.2) is 23.2 Å². The third-order valence-electron chi connectivity index (χ3n) is 4.56. The van der Waals surface area contributed by atoms with E-state index in [0.717, 1.165) is 25.6 Å². The third kappa shape index (κ3) is 6.95. The number of rotatable bonds is 5. The first-order valence-electron chi connectivity index (χ1n) is 9.34. The Morgan fingerprint density at radius 1 is 1.37 bits per heavy atom. The highest BCUT2D eigenvalue weighted by Gasteiger charge is 2.25. The predicted octanol–water partition coefficient (Wildman–Crippen LogP) is 2.74. The lowest BCUT2D eigenvalue weighted by Gasteiger charge is -2.36. The lowest BCUT2D eigenvalue weighted by Crippen LogP contribution is -2.48. The van der Waals surface area contributed by atoms with Crippen LogP contribution < -0.4 is 5.32 Å². The standard InChI is InChI=1S/C20H32N4O2.HI/c1-6-21-20(22-10-9-19(25)23(4)5)24-11-12-26-18(14-24)17-8-7-15(2)13-16(17)3;/h7-8,13,18H,6,9-12,14H2,1-5H3,(H,21,22);1H. The van der Waals surface area contributed by atoms with E-state index < -0.39 is 0 Å². The number of morpholine rings is 1. The van der Waals surface area contributed by atoms with Crippen molar-refractivity contribution in [2.24, 2.45) is 4.99 Å². The smallest absolute Gasteiger partial charge is 0.223 e. The van der Waals surface area contributed by atoms with Crippen molar-refractivity contribution >= 4 is 35.8 Å². The number of nitrogens with one attached hydrogen (secondary N) is 1. The topological polar surface area (TPSA) is 57.2 Å². The van der Waals surface area contributed by atoms with Gasteiger partial charge >= 0.3 is 0 Å². The maximum absolute atomic E-state index is 11.8. The van der Waals surface area contributed by atoms with Gasteiger partial charge in [-0.25, -0.2) is 0 Å². The van der Waals surface area contributed by atoms with Crippen molar-refractivity contribution in [2.75, 3.05) is 46.9 Å². The number of benzene rings is 1. The highest BCUT2D eigenvalue weighted by molar-refractivity contribution is 14.0. The number of ether oxygens (including phenoxy) is 1. The number of nitrogens with zero attached hydrogens (tertiary/aromatic N) is 3. The molecule has 1 amide bonds. The minimum atomic E-state index is 0. The fourth-order valence-electron chi connectivity index (χ4n) is 3.12. The summed E-state index contributed by atoms with van der Waals surface area (Å²) in [7, 11) is 3.54. The quantitative estimate of drug-likeness (QED) is 0.394. The molecule has 1 atom stereocenters. The summed E-state index contributed by atoms with van der Waals surface area (Å²) in [5, 5.41) is 3.35. The van der Waals surface area contributed by atoms with Crippen molar-refractivity contribution in [1.82, 2.24) is 15.1 Å². The molecule has 1 saturated heterocycles. The number of carbonyl (C=O) groups is 1. The molecule has 152 valence electrons. The molecule has 1 aromatic rings. The Morgan fingerprint density at radius 3 is 2.74 bits per heavy atom. The summed E-state index contributed by atoms with van der Waals surface area (Å²) in [6.07, 6.45) is 0.462. The minimum Gasteiger partial charge on any atom is -0.370 e. The molecule has 2 rings (SSSR count). The van der Waals surface area contributed by atoms with Crippen LogP contribution in [-0.2, 0) is 9.53 Å². The Balaban J connectivity index is 0.00000364. The van der Waals surface area contributed by atoms with Crippen LogP contribution in [0.25, 0.3) is 0 Å². The predicted molar refractivity (Wildman–Crippen MR) is 121 cm³/mol. The molecule has 1 aromatic carbocycles. The summed E-state index contributed by atoms with van der Waals surface area (Å²) in [6, 6.07) is 6.50. The van der Waals surface area contributed by atoms with Gasteiger partial charge in [-0.1, -0.05) is 23.8 Å². The first-order chi connectivity index (χ1) is 12.4. The Bertz CT molecular complexity index is 649. The van der Waals surface area contributed by atoms with Crippen LogP contribution in [-0.4, -0.2) is 68.5 Å². The van der Waals surface area contributed by atoms with Gasteiger partial charge < -0.3 is 19.9 Å². The summed E-state index contributed by atoms with van der Waals surface area (Å²) in [5.41, 5.74) is 3.76. The van der Waals surface area contributed by atoms with Crippen molar-refractivity contribution in [3.63, 3.8) is 0 Å². The van der Waals surface area contributed by atoms with E-state index in [4.69, 9.17) is 4.74 Å². The Hall–Kier alpha value is -1.35. The highest BCUT2D eigenvalue weighted by atomic mass is 127. The van der Waals surface area contributed by atoms with Gasteiger partial charge in [-0.3, -0.25) is 9.79 Å². The highest BCUT2D eigenvalue weighted by Crippen LogP contribution is 2.25. The van der Waals surface area contributed by atoms with E-state index in [2.05, 4.69) is 54.2 Å². The maximum atomic E-state index is 11.8. The second kappa shape index (κ2) is 11.5. The molecule has 0 spiro atoms. The van der Waals surface area contributed by atoms with E-state index in [1.807, 2.05) is 0 Å². The van der Waals surface area contributed by atoms with Gasteiger partial charge in [-0.05, 0) is 31.9 Å². The molecule has 1 aliphatic rings. The van der Waals surface area contributed by atoms with Gasteiger partial charge in [0.2, 0.25) is 5.91 Å². The van der Waals surface area contributed by atoms with E-state index in [9.17, 15) is 4.79 Å². The van der Waals surface area contributed by atoms with E-state index >= 15 is 0 Å². The number of amides is 1. The van der Waals surface area contributed by atoms with Crippen molar-refractivity contribution in [2.45, 2.75) is 33.3 Å². The van der Waals surface area contributed by atoms with Gasteiger partial charge in [0, 0.05) is 33.6 Å². The van der Waals surface area contributed by atoms with Gasteiger partial charge in [0.05, 0.1) is 19.7 Å². The monoisotopic (exact) mass is 488 g/mol. The number of hydrogen-bond acceptors (Lipinski definition) is 3.